The maximum atomic E-state index is 14.4. The van der Waals surface area contributed by atoms with Crippen molar-refractivity contribution in [2.75, 3.05) is 31.1 Å². The van der Waals surface area contributed by atoms with Crippen LogP contribution in [-0.4, -0.2) is 37.0 Å². The standard InChI is InChI=1S/C24H26F2N2O/c1-4-12-27-13-10-24(11-14-27)15-28(22-17(3)16(2)8-9-19(22)24)23(29)18-6-5-7-20(25)21(18)26/h4-9H,1,10-15H2,2-3H3. The normalized spacial score (nSPS) is 18.1. The van der Waals surface area contributed by atoms with Crippen LogP contribution in [0.15, 0.2) is 43.0 Å². The Morgan fingerprint density at radius 1 is 1.17 bits per heavy atom. The van der Waals surface area contributed by atoms with Crippen LogP contribution in [0.5, 0.6) is 0 Å². The van der Waals surface area contributed by atoms with Crippen LogP contribution in [0, 0.1) is 25.5 Å². The average Bonchev–Trinajstić information content (AvgIpc) is 3.03. The molecule has 2 aromatic rings. The first-order chi connectivity index (χ1) is 13.9. The van der Waals surface area contributed by atoms with E-state index in [9.17, 15) is 13.6 Å². The smallest absolute Gasteiger partial charge is 0.261 e. The van der Waals surface area contributed by atoms with Crippen LogP contribution in [-0.2, 0) is 5.41 Å². The van der Waals surface area contributed by atoms with E-state index in [-0.39, 0.29) is 11.0 Å². The minimum absolute atomic E-state index is 0.148. The molecular weight excluding hydrogens is 370 g/mol. The van der Waals surface area contributed by atoms with Crippen LogP contribution in [0.4, 0.5) is 14.5 Å². The number of halogens is 2. The average molecular weight is 396 g/mol. The summed E-state index contributed by atoms with van der Waals surface area (Å²) in [4.78, 5) is 17.4. The van der Waals surface area contributed by atoms with Crippen molar-refractivity contribution in [1.82, 2.24) is 4.90 Å². The number of nitrogens with zero attached hydrogens (tertiary/aromatic N) is 2. The number of anilines is 1. The summed E-state index contributed by atoms with van der Waals surface area (Å²) in [6.45, 7) is 11.0. The van der Waals surface area contributed by atoms with Gasteiger partial charge in [-0.15, -0.1) is 6.58 Å². The van der Waals surface area contributed by atoms with Crippen molar-refractivity contribution in [3.05, 3.63) is 76.9 Å². The van der Waals surface area contributed by atoms with Gasteiger partial charge in [-0.2, -0.15) is 0 Å². The number of hydrogen-bond donors (Lipinski definition) is 0. The highest BCUT2D eigenvalue weighted by atomic mass is 19.2. The zero-order chi connectivity index (χ0) is 20.8. The Bertz CT molecular complexity index is 977. The van der Waals surface area contributed by atoms with Gasteiger partial charge in [-0.25, -0.2) is 8.78 Å². The van der Waals surface area contributed by atoms with Gasteiger partial charge in [0.25, 0.3) is 5.91 Å². The third-order valence-electron chi connectivity index (χ3n) is 6.63. The Kier molecular flexibility index (Phi) is 5.03. The summed E-state index contributed by atoms with van der Waals surface area (Å²) in [5.74, 6) is -2.54. The number of benzene rings is 2. The van der Waals surface area contributed by atoms with Crippen LogP contribution >= 0.6 is 0 Å². The van der Waals surface area contributed by atoms with E-state index in [1.165, 1.54) is 12.1 Å². The van der Waals surface area contributed by atoms with E-state index in [4.69, 9.17) is 0 Å². The van der Waals surface area contributed by atoms with Gasteiger partial charge in [0, 0.05) is 18.5 Å². The lowest BCUT2D eigenvalue weighted by Gasteiger charge is -2.39. The second-order valence-corrected chi connectivity index (χ2v) is 8.27. The first-order valence-electron chi connectivity index (χ1n) is 10.1. The highest BCUT2D eigenvalue weighted by Crippen LogP contribution is 2.49. The molecule has 0 N–H and O–H groups in total. The Hall–Kier alpha value is -2.53. The van der Waals surface area contributed by atoms with Gasteiger partial charge in [-0.1, -0.05) is 24.3 Å². The Labute approximate surface area is 170 Å². The first-order valence-corrected chi connectivity index (χ1v) is 10.1. The van der Waals surface area contributed by atoms with E-state index < -0.39 is 17.5 Å². The summed E-state index contributed by atoms with van der Waals surface area (Å²) in [7, 11) is 0. The molecule has 2 aliphatic rings. The number of amides is 1. The van der Waals surface area contributed by atoms with Crippen LogP contribution in [0.3, 0.4) is 0 Å². The number of fused-ring (bicyclic) bond motifs is 2. The second-order valence-electron chi connectivity index (χ2n) is 8.27. The van der Waals surface area contributed by atoms with Crippen molar-refractivity contribution >= 4 is 11.6 Å². The fourth-order valence-electron chi connectivity index (χ4n) is 4.81. The summed E-state index contributed by atoms with van der Waals surface area (Å²) < 4.78 is 28.2. The predicted molar refractivity (Wildman–Crippen MR) is 111 cm³/mol. The largest absolute Gasteiger partial charge is 0.307 e. The molecule has 29 heavy (non-hydrogen) atoms. The van der Waals surface area contributed by atoms with E-state index in [0.717, 1.165) is 60.9 Å². The summed E-state index contributed by atoms with van der Waals surface area (Å²) in [6.07, 6.45) is 3.76. The highest BCUT2D eigenvalue weighted by Gasteiger charge is 2.47. The van der Waals surface area contributed by atoms with Crippen molar-refractivity contribution < 1.29 is 13.6 Å². The molecule has 0 saturated carbocycles. The highest BCUT2D eigenvalue weighted by molar-refractivity contribution is 6.08. The fraction of sp³-hybridized carbons (Fsp3) is 0.375. The molecule has 0 unspecified atom stereocenters. The minimum atomic E-state index is -1.08. The molecule has 0 bridgehead atoms. The van der Waals surface area contributed by atoms with E-state index >= 15 is 0 Å². The third-order valence-corrected chi connectivity index (χ3v) is 6.63. The zero-order valence-corrected chi connectivity index (χ0v) is 17.0. The van der Waals surface area contributed by atoms with Crippen molar-refractivity contribution in [2.45, 2.75) is 32.1 Å². The molecule has 0 aliphatic carbocycles. The number of aryl methyl sites for hydroxylation is 1. The molecule has 1 saturated heterocycles. The summed E-state index contributed by atoms with van der Waals surface area (Å²) >= 11 is 0. The molecule has 1 amide bonds. The van der Waals surface area contributed by atoms with Gasteiger partial charge in [0.15, 0.2) is 11.6 Å². The lowest BCUT2D eigenvalue weighted by Crippen LogP contribution is -2.46. The van der Waals surface area contributed by atoms with Gasteiger partial charge in [0.1, 0.15) is 0 Å². The number of carbonyl (C=O) groups excluding carboxylic acids is 1. The van der Waals surface area contributed by atoms with Gasteiger partial charge in [-0.3, -0.25) is 9.69 Å². The van der Waals surface area contributed by atoms with Gasteiger partial charge in [0.2, 0.25) is 0 Å². The molecule has 1 fully saturated rings. The predicted octanol–water partition coefficient (Wildman–Crippen LogP) is 4.76. The van der Waals surface area contributed by atoms with Crippen LogP contribution in [0.25, 0.3) is 0 Å². The topological polar surface area (TPSA) is 23.6 Å². The molecule has 1 spiro atoms. The van der Waals surface area contributed by atoms with E-state index in [1.54, 1.807) is 4.90 Å². The number of rotatable bonds is 3. The minimum Gasteiger partial charge on any atom is -0.307 e. The lowest BCUT2D eigenvalue weighted by molar-refractivity contribution is 0.0972. The van der Waals surface area contributed by atoms with E-state index in [0.29, 0.717) is 6.54 Å². The Morgan fingerprint density at radius 2 is 1.90 bits per heavy atom. The van der Waals surface area contributed by atoms with Gasteiger partial charge >= 0.3 is 0 Å². The maximum absolute atomic E-state index is 14.4. The number of likely N-dealkylation sites (tertiary alicyclic amines) is 1. The summed E-state index contributed by atoms with van der Waals surface area (Å²) in [6, 6.07) is 8.01. The van der Waals surface area contributed by atoms with Crippen molar-refractivity contribution in [3.63, 3.8) is 0 Å². The zero-order valence-electron chi connectivity index (χ0n) is 17.0. The second kappa shape index (κ2) is 7.38. The molecule has 3 nitrogen and oxygen atoms in total. The summed E-state index contributed by atoms with van der Waals surface area (Å²) in [5, 5.41) is 0. The Balaban J connectivity index is 1.76. The molecule has 4 rings (SSSR count). The SMILES string of the molecule is C=CCN1CCC2(CC1)CN(C(=O)c1cccc(F)c1F)c1c2ccc(C)c1C. The van der Waals surface area contributed by atoms with E-state index in [1.807, 2.05) is 19.9 Å². The van der Waals surface area contributed by atoms with Crippen molar-refractivity contribution in [3.8, 4) is 0 Å². The maximum Gasteiger partial charge on any atom is 0.261 e. The number of hydrogen-bond acceptors (Lipinski definition) is 2. The van der Waals surface area contributed by atoms with Crippen molar-refractivity contribution in [1.29, 1.82) is 0 Å². The first kappa shape index (κ1) is 19.8. The summed E-state index contributed by atoms with van der Waals surface area (Å²) in [5.41, 5.74) is 3.78. The van der Waals surface area contributed by atoms with Crippen LogP contribution < -0.4 is 4.90 Å². The molecule has 2 heterocycles. The fourth-order valence-corrected chi connectivity index (χ4v) is 4.81. The van der Waals surface area contributed by atoms with Crippen molar-refractivity contribution in [2.24, 2.45) is 0 Å². The lowest BCUT2D eigenvalue weighted by atomic mass is 9.74. The van der Waals surface area contributed by atoms with E-state index in [2.05, 4.69) is 23.6 Å². The molecule has 0 radical (unpaired) electrons. The third kappa shape index (κ3) is 3.18. The molecule has 0 atom stereocenters. The molecule has 5 heteroatoms. The Morgan fingerprint density at radius 3 is 2.59 bits per heavy atom. The van der Waals surface area contributed by atoms with Gasteiger partial charge < -0.3 is 4.90 Å². The van der Waals surface area contributed by atoms with Gasteiger partial charge in [0.05, 0.1) is 11.3 Å². The van der Waals surface area contributed by atoms with Crippen LogP contribution in [0.2, 0.25) is 0 Å². The molecular formula is C24H26F2N2O. The quantitative estimate of drug-likeness (QED) is 0.699. The van der Waals surface area contributed by atoms with Crippen LogP contribution in [0.1, 0.15) is 39.9 Å². The monoisotopic (exact) mass is 396 g/mol. The molecule has 2 aliphatic heterocycles. The van der Waals surface area contributed by atoms with Gasteiger partial charge in [-0.05, 0) is 68.6 Å². The molecule has 2 aromatic carbocycles. The number of carbonyl (C=O) groups is 1. The molecule has 0 aromatic heterocycles. The number of piperidine rings is 1. The molecule has 152 valence electrons.